The maximum absolute atomic E-state index is 10.6. The van der Waals surface area contributed by atoms with Gasteiger partial charge >= 0.3 is 5.97 Å². The zero-order valence-electron chi connectivity index (χ0n) is 9.65. The molecule has 0 aromatic carbocycles. The summed E-state index contributed by atoms with van der Waals surface area (Å²) in [5, 5.41) is 20.1. The molecule has 2 aromatic heterocycles. The number of thioether (sulfide) groups is 1. The summed E-state index contributed by atoms with van der Waals surface area (Å²) in [5.74, 6) is -0.370. The first-order valence-electron chi connectivity index (χ1n) is 5.18. The van der Waals surface area contributed by atoms with Crippen LogP contribution in [0.3, 0.4) is 0 Å². The normalized spacial score (nSPS) is 10.5. The summed E-state index contributed by atoms with van der Waals surface area (Å²) in [6, 6.07) is 3.85. The Bertz CT molecular complexity index is 557. The van der Waals surface area contributed by atoms with Crippen molar-refractivity contribution in [3.05, 3.63) is 29.6 Å². The Kier molecular flexibility index (Phi) is 3.88. The lowest BCUT2D eigenvalue weighted by molar-refractivity contribution is -0.138. The van der Waals surface area contributed by atoms with Crippen LogP contribution in [0.25, 0.3) is 0 Å². The van der Waals surface area contributed by atoms with Gasteiger partial charge < -0.3 is 5.11 Å². The second-order valence-corrected chi connectivity index (χ2v) is 4.51. The van der Waals surface area contributed by atoms with Crippen molar-refractivity contribution in [1.82, 2.24) is 25.2 Å². The molecule has 0 radical (unpaired) electrons. The molecule has 0 fully saturated rings. The molecule has 2 rings (SSSR count). The molecular weight excluding hydrogens is 254 g/mol. The SMILES string of the molecule is Cc1cccnc1CSc1nnnn1CC(=O)O. The van der Waals surface area contributed by atoms with E-state index in [0.717, 1.165) is 11.3 Å². The highest BCUT2D eigenvalue weighted by molar-refractivity contribution is 7.98. The smallest absolute Gasteiger partial charge is 0.325 e. The predicted molar refractivity (Wildman–Crippen MR) is 64.0 cm³/mol. The number of tetrazole rings is 1. The molecule has 0 aliphatic heterocycles. The average Bonchev–Trinajstić information content (AvgIpc) is 2.75. The van der Waals surface area contributed by atoms with E-state index in [4.69, 9.17) is 5.11 Å². The van der Waals surface area contributed by atoms with Crippen molar-refractivity contribution >= 4 is 17.7 Å². The monoisotopic (exact) mass is 265 g/mol. The van der Waals surface area contributed by atoms with Crippen LogP contribution in [0.2, 0.25) is 0 Å². The molecule has 2 aromatic rings. The Hall–Kier alpha value is -1.96. The third kappa shape index (κ3) is 3.04. The molecule has 0 unspecified atom stereocenters. The van der Waals surface area contributed by atoms with Crippen molar-refractivity contribution in [3.8, 4) is 0 Å². The lowest BCUT2D eigenvalue weighted by Crippen LogP contribution is -2.11. The van der Waals surface area contributed by atoms with Gasteiger partial charge in [0.2, 0.25) is 5.16 Å². The van der Waals surface area contributed by atoms with Crippen LogP contribution >= 0.6 is 11.8 Å². The van der Waals surface area contributed by atoms with Crippen molar-refractivity contribution in [2.75, 3.05) is 0 Å². The lowest BCUT2D eigenvalue weighted by atomic mass is 10.2. The molecule has 0 saturated carbocycles. The maximum atomic E-state index is 10.6. The van der Waals surface area contributed by atoms with Crippen LogP contribution in [-0.2, 0) is 17.1 Å². The Balaban J connectivity index is 2.05. The molecule has 0 aliphatic carbocycles. The van der Waals surface area contributed by atoms with E-state index >= 15 is 0 Å². The van der Waals surface area contributed by atoms with Crippen LogP contribution in [0.4, 0.5) is 0 Å². The van der Waals surface area contributed by atoms with E-state index < -0.39 is 5.97 Å². The lowest BCUT2D eigenvalue weighted by Gasteiger charge is -2.03. The molecule has 0 atom stereocenters. The molecule has 18 heavy (non-hydrogen) atoms. The van der Waals surface area contributed by atoms with Crippen LogP contribution < -0.4 is 0 Å². The van der Waals surface area contributed by atoms with Gasteiger partial charge in [0.05, 0.1) is 5.69 Å². The minimum atomic E-state index is -0.974. The Labute approximate surface area is 107 Å². The second-order valence-electron chi connectivity index (χ2n) is 3.57. The molecule has 0 spiro atoms. The average molecular weight is 265 g/mol. The standard InChI is InChI=1S/C10H11N5O2S/c1-7-3-2-4-11-8(7)6-18-10-12-13-14-15(10)5-9(16)17/h2-4H,5-6H2,1H3,(H,16,17). The highest BCUT2D eigenvalue weighted by Gasteiger charge is 2.10. The molecule has 0 amide bonds. The summed E-state index contributed by atoms with van der Waals surface area (Å²) in [6.45, 7) is 1.74. The number of aliphatic carboxylic acids is 1. The molecule has 0 saturated heterocycles. The van der Waals surface area contributed by atoms with E-state index in [0.29, 0.717) is 10.9 Å². The summed E-state index contributed by atoms with van der Waals surface area (Å²) in [7, 11) is 0. The molecular formula is C10H11N5O2S. The summed E-state index contributed by atoms with van der Waals surface area (Å²) in [4.78, 5) is 14.9. The van der Waals surface area contributed by atoms with E-state index in [2.05, 4.69) is 20.5 Å². The fraction of sp³-hybridized carbons (Fsp3) is 0.300. The number of aromatic nitrogens is 5. The van der Waals surface area contributed by atoms with Crippen LogP contribution in [0, 0.1) is 6.92 Å². The summed E-state index contributed by atoms with van der Waals surface area (Å²) in [6.07, 6.45) is 1.73. The first-order valence-corrected chi connectivity index (χ1v) is 6.16. The van der Waals surface area contributed by atoms with Crippen molar-refractivity contribution in [1.29, 1.82) is 0 Å². The van der Waals surface area contributed by atoms with E-state index in [1.165, 1.54) is 16.4 Å². The summed E-state index contributed by atoms with van der Waals surface area (Å²) < 4.78 is 1.26. The van der Waals surface area contributed by atoms with Gasteiger partial charge in [-0.2, -0.15) is 0 Å². The highest BCUT2D eigenvalue weighted by Crippen LogP contribution is 2.20. The number of carboxylic acids is 1. The number of carboxylic acid groups (broad SMARTS) is 1. The van der Waals surface area contributed by atoms with Crippen molar-refractivity contribution in [3.63, 3.8) is 0 Å². The molecule has 1 N–H and O–H groups in total. The molecule has 0 aliphatic rings. The van der Waals surface area contributed by atoms with Crippen LogP contribution in [0.15, 0.2) is 23.5 Å². The highest BCUT2D eigenvalue weighted by atomic mass is 32.2. The third-order valence-electron chi connectivity index (χ3n) is 2.24. The molecule has 94 valence electrons. The number of hydrogen-bond donors (Lipinski definition) is 1. The van der Waals surface area contributed by atoms with Gasteiger partial charge in [-0.15, -0.1) is 5.10 Å². The topological polar surface area (TPSA) is 93.8 Å². The largest absolute Gasteiger partial charge is 0.480 e. The molecule has 8 heteroatoms. The van der Waals surface area contributed by atoms with Crippen molar-refractivity contribution < 1.29 is 9.90 Å². The number of nitrogens with zero attached hydrogens (tertiary/aromatic N) is 5. The fourth-order valence-corrected chi connectivity index (χ4v) is 2.24. The second kappa shape index (κ2) is 5.58. The van der Waals surface area contributed by atoms with Gasteiger partial charge in [-0.1, -0.05) is 17.8 Å². The van der Waals surface area contributed by atoms with Crippen LogP contribution in [0.1, 0.15) is 11.3 Å². The van der Waals surface area contributed by atoms with Crippen molar-refractivity contribution in [2.24, 2.45) is 0 Å². The summed E-state index contributed by atoms with van der Waals surface area (Å²) in [5.41, 5.74) is 2.02. The van der Waals surface area contributed by atoms with E-state index in [-0.39, 0.29) is 6.54 Å². The first-order chi connectivity index (χ1) is 8.66. The first kappa shape index (κ1) is 12.5. The van der Waals surface area contributed by atoms with Gasteiger partial charge in [0.25, 0.3) is 0 Å². The molecule has 2 heterocycles. The number of hydrogen-bond acceptors (Lipinski definition) is 6. The van der Waals surface area contributed by atoms with Gasteiger partial charge in [0, 0.05) is 11.9 Å². The predicted octanol–water partition coefficient (Wildman–Crippen LogP) is 0.753. The van der Waals surface area contributed by atoms with E-state index in [1.807, 2.05) is 19.1 Å². The van der Waals surface area contributed by atoms with Crippen LogP contribution in [-0.4, -0.2) is 36.3 Å². The molecule has 0 bridgehead atoms. The number of carbonyl (C=O) groups is 1. The minimum Gasteiger partial charge on any atom is -0.480 e. The Morgan fingerprint density at radius 2 is 2.39 bits per heavy atom. The van der Waals surface area contributed by atoms with Gasteiger partial charge in [0.1, 0.15) is 6.54 Å². The zero-order chi connectivity index (χ0) is 13.0. The summed E-state index contributed by atoms with van der Waals surface area (Å²) >= 11 is 1.36. The fourth-order valence-electron chi connectivity index (χ4n) is 1.33. The Morgan fingerprint density at radius 1 is 1.56 bits per heavy atom. The van der Waals surface area contributed by atoms with Gasteiger partial charge in [-0.3, -0.25) is 9.78 Å². The van der Waals surface area contributed by atoms with Gasteiger partial charge in [-0.25, -0.2) is 4.68 Å². The van der Waals surface area contributed by atoms with Crippen LogP contribution in [0.5, 0.6) is 0 Å². The number of rotatable bonds is 5. The zero-order valence-corrected chi connectivity index (χ0v) is 10.5. The maximum Gasteiger partial charge on any atom is 0.325 e. The van der Waals surface area contributed by atoms with Gasteiger partial charge in [0.15, 0.2) is 0 Å². The number of aryl methyl sites for hydroxylation is 1. The Morgan fingerprint density at radius 3 is 3.11 bits per heavy atom. The quantitative estimate of drug-likeness (QED) is 0.797. The minimum absolute atomic E-state index is 0.240. The number of pyridine rings is 1. The molecule has 7 nitrogen and oxygen atoms in total. The van der Waals surface area contributed by atoms with E-state index in [9.17, 15) is 4.79 Å². The van der Waals surface area contributed by atoms with Crippen molar-refractivity contribution in [2.45, 2.75) is 24.4 Å². The third-order valence-corrected chi connectivity index (χ3v) is 3.21. The van der Waals surface area contributed by atoms with E-state index in [1.54, 1.807) is 6.20 Å². The van der Waals surface area contributed by atoms with Gasteiger partial charge in [-0.05, 0) is 29.0 Å².